The van der Waals surface area contributed by atoms with Gasteiger partial charge in [-0.2, -0.15) is 0 Å². The van der Waals surface area contributed by atoms with E-state index in [9.17, 15) is 4.79 Å². The number of hydrogen-bond acceptors (Lipinski definition) is 3. The van der Waals surface area contributed by atoms with Gasteiger partial charge in [-0.05, 0) is 31.4 Å². The average molecular weight is 264 g/mol. The second-order valence-electron chi connectivity index (χ2n) is 4.65. The zero-order valence-electron chi connectivity index (χ0n) is 11.7. The second-order valence-corrected chi connectivity index (χ2v) is 4.65. The molecule has 1 aliphatic rings. The van der Waals surface area contributed by atoms with Gasteiger partial charge in [-0.15, -0.1) is 0 Å². The Labute approximate surface area is 113 Å². The van der Waals surface area contributed by atoms with Gasteiger partial charge in [0.1, 0.15) is 0 Å². The number of likely N-dealkylation sites (tertiary alicyclic amines) is 1. The van der Waals surface area contributed by atoms with Crippen molar-refractivity contribution in [3.05, 3.63) is 17.7 Å². The van der Waals surface area contributed by atoms with Crippen molar-refractivity contribution < 1.29 is 14.3 Å². The maximum absolute atomic E-state index is 12.1. The molecule has 0 spiro atoms. The third-order valence-corrected chi connectivity index (χ3v) is 3.37. The van der Waals surface area contributed by atoms with Crippen molar-refractivity contribution in [2.75, 3.05) is 32.6 Å². The highest BCUT2D eigenvalue weighted by Crippen LogP contribution is 2.33. The van der Waals surface area contributed by atoms with Gasteiger partial charge in [0.25, 0.3) is 0 Å². The van der Waals surface area contributed by atoms with Gasteiger partial charge in [0.05, 0.1) is 14.2 Å². The minimum Gasteiger partial charge on any atom is -0.493 e. The number of amides is 2. The summed E-state index contributed by atoms with van der Waals surface area (Å²) >= 11 is 0. The van der Waals surface area contributed by atoms with Gasteiger partial charge in [-0.25, -0.2) is 4.79 Å². The molecule has 0 bridgehead atoms. The average Bonchev–Trinajstić information content (AvgIpc) is 2.94. The quantitative estimate of drug-likeness (QED) is 0.913. The molecule has 0 unspecified atom stereocenters. The van der Waals surface area contributed by atoms with Crippen molar-refractivity contribution in [1.82, 2.24) is 4.90 Å². The lowest BCUT2D eigenvalue weighted by atomic mass is 10.1. The molecule has 0 atom stereocenters. The smallest absolute Gasteiger partial charge is 0.321 e. The molecule has 0 aromatic heterocycles. The maximum Gasteiger partial charge on any atom is 0.321 e. The molecular formula is C14H20N2O3. The van der Waals surface area contributed by atoms with E-state index >= 15 is 0 Å². The summed E-state index contributed by atoms with van der Waals surface area (Å²) < 4.78 is 10.5. The van der Waals surface area contributed by atoms with Crippen molar-refractivity contribution in [3.8, 4) is 11.5 Å². The van der Waals surface area contributed by atoms with E-state index < -0.39 is 0 Å². The van der Waals surface area contributed by atoms with Gasteiger partial charge in [-0.3, -0.25) is 0 Å². The normalized spacial score (nSPS) is 14.4. The number of urea groups is 1. The van der Waals surface area contributed by atoms with Crippen LogP contribution in [0.1, 0.15) is 18.4 Å². The molecule has 1 aromatic carbocycles. The molecule has 5 nitrogen and oxygen atoms in total. The first kappa shape index (κ1) is 13.5. The number of carbonyl (C=O) groups is 1. The van der Waals surface area contributed by atoms with Crippen LogP contribution >= 0.6 is 0 Å². The molecule has 1 N–H and O–H groups in total. The van der Waals surface area contributed by atoms with Crippen LogP contribution in [0.25, 0.3) is 0 Å². The first-order valence-corrected chi connectivity index (χ1v) is 6.44. The highest BCUT2D eigenvalue weighted by Gasteiger charge is 2.19. The van der Waals surface area contributed by atoms with Crippen LogP contribution in [-0.4, -0.2) is 38.2 Å². The lowest BCUT2D eigenvalue weighted by Crippen LogP contribution is -2.32. The number of methoxy groups -OCH3 is 2. The summed E-state index contributed by atoms with van der Waals surface area (Å²) in [6, 6.07) is 3.61. The number of carbonyl (C=O) groups excluding carboxylic acids is 1. The maximum atomic E-state index is 12.1. The van der Waals surface area contributed by atoms with Gasteiger partial charge >= 0.3 is 6.03 Å². The van der Waals surface area contributed by atoms with Crippen molar-refractivity contribution in [2.24, 2.45) is 0 Å². The lowest BCUT2D eigenvalue weighted by molar-refractivity contribution is 0.222. The fourth-order valence-corrected chi connectivity index (χ4v) is 2.23. The second kappa shape index (κ2) is 5.82. The van der Waals surface area contributed by atoms with Crippen molar-refractivity contribution >= 4 is 11.7 Å². The fourth-order valence-electron chi connectivity index (χ4n) is 2.23. The minimum atomic E-state index is -0.0483. The summed E-state index contributed by atoms with van der Waals surface area (Å²) in [5, 5.41) is 2.93. The molecule has 1 saturated heterocycles. The predicted molar refractivity (Wildman–Crippen MR) is 74.1 cm³/mol. The Morgan fingerprint density at radius 1 is 1.16 bits per heavy atom. The number of hydrogen-bond donors (Lipinski definition) is 1. The lowest BCUT2D eigenvalue weighted by Gasteiger charge is -2.18. The van der Waals surface area contributed by atoms with E-state index in [0.29, 0.717) is 11.5 Å². The minimum absolute atomic E-state index is 0.0483. The molecule has 0 saturated carbocycles. The molecule has 19 heavy (non-hydrogen) atoms. The summed E-state index contributed by atoms with van der Waals surface area (Å²) in [6.45, 7) is 3.60. The molecular weight excluding hydrogens is 244 g/mol. The van der Waals surface area contributed by atoms with E-state index in [4.69, 9.17) is 9.47 Å². The van der Waals surface area contributed by atoms with Crippen LogP contribution in [0.5, 0.6) is 11.5 Å². The molecule has 5 heteroatoms. The molecule has 0 radical (unpaired) electrons. The molecule has 1 aromatic rings. The summed E-state index contributed by atoms with van der Waals surface area (Å²) in [7, 11) is 3.18. The van der Waals surface area contributed by atoms with Crippen LogP contribution in [0.4, 0.5) is 10.5 Å². The van der Waals surface area contributed by atoms with Gasteiger partial charge in [0.2, 0.25) is 0 Å². The summed E-state index contributed by atoms with van der Waals surface area (Å²) in [6.07, 6.45) is 2.16. The zero-order chi connectivity index (χ0) is 13.8. The van der Waals surface area contributed by atoms with Crippen LogP contribution in [0, 0.1) is 6.92 Å². The monoisotopic (exact) mass is 264 g/mol. The molecule has 1 aliphatic heterocycles. The Kier molecular flexibility index (Phi) is 4.14. The number of ether oxygens (including phenoxy) is 2. The Balaban J connectivity index is 2.17. The van der Waals surface area contributed by atoms with E-state index in [1.165, 1.54) is 0 Å². The molecule has 0 aliphatic carbocycles. The van der Waals surface area contributed by atoms with Crippen LogP contribution in [0.2, 0.25) is 0 Å². The molecule has 2 rings (SSSR count). The molecule has 104 valence electrons. The van der Waals surface area contributed by atoms with E-state index in [1.54, 1.807) is 20.3 Å². The standard InChI is InChI=1S/C14H20N2O3/c1-10-8-12(18-2)13(19-3)9-11(10)15-14(17)16-6-4-5-7-16/h8-9H,4-7H2,1-3H3,(H,15,17). The Morgan fingerprint density at radius 2 is 1.74 bits per heavy atom. The third kappa shape index (κ3) is 2.92. The van der Waals surface area contributed by atoms with Crippen LogP contribution < -0.4 is 14.8 Å². The predicted octanol–water partition coefficient (Wildman–Crippen LogP) is 2.64. The summed E-state index contributed by atoms with van der Waals surface area (Å²) in [4.78, 5) is 13.9. The summed E-state index contributed by atoms with van der Waals surface area (Å²) in [5.74, 6) is 1.28. The van der Waals surface area contributed by atoms with Gasteiger partial charge in [0, 0.05) is 24.8 Å². The van der Waals surface area contributed by atoms with Gasteiger partial charge < -0.3 is 19.7 Å². The van der Waals surface area contributed by atoms with Gasteiger partial charge in [0.15, 0.2) is 11.5 Å². The third-order valence-electron chi connectivity index (χ3n) is 3.37. The number of benzene rings is 1. The van der Waals surface area contributed by atoms with Crippen molar-refractivity contribution in [1.29, 1.82) is 0 Å². The Morgan fingerprint density at radius 3 is 2.32 bits per heavy atom. The van der Waals surface area contributed by atoms with E-state index in [0.717, 1.165) is 37.2 Å². The number of rotatable bonds is 3. The Hall–Kier alpha value is -1.91. The van der Waals surface area contributed by atoms with Gasteiger partial charge in [-0.1, -0.05) is 0 Å². The van der Waals surface area contributed by atoms with Crippen LogP contribution in [0.3, 0.4) is 0 Å². The molecule has 1 fully saturated rings. The topological polar surface area (TPSA) is 50.8 Å². The van der Waals surface area contributed by atoms with Crippen molar-refractivity contribution in [3.63, 3.8) is 0 Å². The molecule has 1 heterocycles. The van der Waals surface area contributed by atoms with Crippen LogP contribution in [-0.2, 0) is 0 Å². The number of anilines is 1. The SMILES string of the molecule is COc1cc(C)c(NC(=O)N2CCCC2)cc1OC. The van der Waals surface area contributed by atoms with E-state index in [1.807, 2.05) is 17.9 Å². The molecule has 2 amide bonds. The highest BCUT2D eigenvalue weighted by atomic mass is 16.5. The van der Waals surface area contributed by atoms with E-state index in [-0.39, 0.29) is 6.03 Å². The first-order valence-electron chi connectivity index (χ1n) is 6.44. The number of nitrogens with zero attached hydrogens (tertiary/aromatic N) is 1. The number of aryl methyl sites for hydroxylation is 1. The zero-order valence-corrected chi connectivity index (χ0v) is 11.7. The Bertz CT molecular complexity index is 468. The van der Waals surface area contributed by atoms with Crippen LogP contribution in [0.15, 0.2) is 12.1 Å². The van der Waals surface area contributed by atoms with E-state index in [2.05, 4.69) is 5.32 Å². The summed E-state index contributed by atoms with van der Waals surface area (Å²) in [5.41, 5.74) is 1.71. The first-order chi connectivity index (χ1) is 9.15. The number of nitrogens with one attached hydrogen (secondary N) is 1. The fraction of sp³-hybridized carbons (Fsp3) is 0.500. The van der Waals surface area contributed by atoms with Crippen molar-refractivity contribution in [2.45, 2.75) is 19.8 Å². The largest absolute Gasteiger partial charge is 0.493 e. The highest BCUT2D eigenvalue weighted by molar-refractivity contribution is 5.90.